The zero-order valence-corrected chi connectivity index (χ0v) is 13.8. The van der Waals surface area contributed by atoms with E-state index in [0.29, 0.717) is 19.7 Å². The van der Waals surface area contributed by atoms with Crippen molar-refractivity contribution in [2.45, 2.75) is 39.2 Å². The monoisotopic (exact) mass is 329 g/mol. The average Bonchev–Trinajstić information content (AvgIpc) is 2.80. The number of carbonyl (C=O) groups is 1. The van der Waals surface area contributed by atoms with Crippen LogP contribution in [0.4, 0.5) is 4.39 Å². The zero-order chi connectivity index (χ0) is 16.3. The van der Waals surface area contributed by atoms with Crippen LogP contribution in [-0.4, -0.2) is 41.7 Å². The molecule has 1 amide bonds. The Kier molecular flexibility index (Phi) is 5.42. The van der Waals surface area contributed by atoms with E-state index in [4.69, 9.17) is 21.1 Å². The Morgan fingerprint density at radius 3 is 2.82 bits per heavy atom. The second kappa shape index (κ2) is 6.94. The van der Waals surface area contributed by atoms with Gasteiger partial charge in [0.2, 0.25) is 5.91 Å². The van der Waals surface area contributed by atoms with Crippen molar-refractivity contribution in [2.24, 2.45) is 0 Å². The Morgan fingerprint density at radius 2 is 2.23 bits per heavy atom. The van der Waals surface area contributed by atoms with E-state index in [0.717, 1.165) is 11.1 Å². The molecule has 1 aromatic rings. The highest BCUT2D eigenvalue weighted by Crippen LogP contribution is 2.23. The molecule has 0 aliphatic carbocycles. The first kappa shape index (κ1) is 17.2. The molecule has 1 aromatic carbocycles. The number of alkyl halides is 1. The third-order valence-corrected chi connectivity index (χ3v) is 3.86. The minimum atomic E-state index is -0.644. The average molecular weight is 330 g/mol. The molecule has 0 saturated carbocycles. The summed E-state index contributed by atoms with van der Waals surface area (Å²) in [5, 5.41) is 0. The van der Waals surface area contributed by atoms with Gasteiger partial charge in [-0.05, 0) is 44.0 Å². The first-order valence-corrected chi connectivity index (χ1v) is 7.75. The van der Waals surface area contributed by atoms with Crippen LogP contribution in [0.1, 0.15) is 25.0 Å². The molecule has 0 N–H and O–H groups in total. The molecule has 0 aromatic heterocycles. The van der Waals surface area contributed by atoms with Gasteiger partial charge in [-0.15, -0.1) is 11.6 Å². The maximum Gasteiger partial charge on any atom is 0.237 e. The highest BCUT2D eigenvalue weighted by Gasteiger charge is 2.34. The molecule has 1 fully saturated rings. The summed E-state index contributed by atoms with van der Waals surface area (Å²) in [5.41, 5.74) is 1.69. The number of halogens is 2. The molecule has 0 radical (unpaired) electrons. The summed E-state index contributed by atoms with van der Waals surface area (Å²) in [6.07, 6.45) is -0.212. The maximum absolute atomic E-state index is 13.4. The molecule has 0 unspecified atom stereocenters. The fourth-order valence-electron chi connectivity index (χ4n) is 2.45. The number of carbonyl (C=O) groups excluding carboxylic acids is 1. The number of benzene rings is 1. The van der Waals surface area contributed by atoms with E-state index in [1.807, 2.05) is 20.8 Å². The quantitative estimate of drug-likeness (QED) is 0.780. The van der Waals surface area contributed by atoms with Crippen molar-refractivity contribution in [3.63, 3.8) is 0 Å². The van der Waals surface area contributed by atoms with Crippen LogP contribution in [0, 0.1) is 12.7 Å². The highest BCUT2D eigenvalue weighted by atomic mass is 35.5. The molecular formula is C16H21ClFNO3. The van der Waals surface area contributed by atoms with Crippen molar-refractivity contribution in [1.82, 2.24) is 4.90 Å². The van der Waals surface area contributed by atoms with Crippen LogP contribution in [0.5, 0.6) is 0 Å². The molecule has 1 atom stereocenters. The second-order valence-corrected chi connectivity index (χ2v) is 6.20. The number of hydrogen-bond donors (Lipinski definition) is 0. The summed E-state index contributed by atoms with van der Waals surface area (Å²) in [4.78, 5) is 13.7. The third kappa shape index (κ3) is 4.41. The Bertz CT molecular complexity index is 550. The van der Waals surface area contributed by atoms with Crippen LogP contribution in [0.15, 0.2) is 18.2 Å². The molecule has 0 spiro atoms. The van der Waals surface area contributed by atoms with E-state index in [-0.39, 0.29) is 23.7 Å². The second-order valence-electron chi connectivity index (χ2n) is 5.93. The van der Waals surface area contributed by atoms with Gasteiger partial charge >= 0.3 is 0 Å². The summed E-state index contributed by atoms with van der Waals surface area (Å²) >= 11 is 5.69. The molecule has 1 aliphatic heterocycles. The predicted octanol–water partition coefficient (Wildman–Crippen LogP) is 2.85. The normalized spacial score (nSPS) is 20.1. The lowest BCUT2D eigenvalue weighted by atomic mass is 10.1. The number of nitrogens with zero attached hydrogens (tertiary/aromatic N) is 1. The van der Waals surface area contributed by atoms with Crippen molar-refractivity contribution < 1.29 is 18.7 Å². The SMILES string of the molecule is Cc1ccc(F)cc1CN(C[C@H]1COC(C)(C)O1)C(=O)CCl. The van der Waals surface area contributed by atoms with Gasteiger partial charge in [-0.1, -0.05) is 6.07 Å². The molecule has 1 aliphatic rings. The van der Waals surface area contributed by atoms with Crippen molar-refractivity contribution in [1.29, 1.82) is 0 Å². The van der Waals surface area contributed by atoms with Gasteiger partial charge in [-0.3, -0.25) is 4.79 Å². The Labute approximate surface area is 135 Å². The van der Waals surface area contributed by atoms with E-state index in [1.165, 1.54) is 12.1 Å². The number of ether oxygens (including phenoxy) is 2. The number of hydrogen-bond acceptors (Lipinski definition) is 3. The zero-order valence-electron chi connectivity index (χ0n) is 13.1. The third-order valence-electron chi connectivity index (χ3n) is 3.63. The van der Waals surface area contributed by atoms with Gasteiger partial charge < -0.3 is 14.4 Å². The molecule has 22 heavy (non-hydrogen) atoms. The number of rotatable bonds is 5. The summed E-state index contributed by atoms with van der Waals surface area (Å²) in [6, 6.07) is 4.55. The summed E-state index contributed by atoms with van der Waals surface area (Å²) in [6.45, 7) is 6.63. The Morgan fingerprint density at radius 1 is 1.50 bits per heavy atom. The molecule has 1 heterocycles. The maximum atomic E-state index is 13.4. The standard InChI is InChI=1S/C16H21ClFNO3/c1-11-4-5-13(18)6-12(11)8-19(15(20)7-17)9-14-10-21-16(2,3)22-14/h4-6,14H,7-10H2,1-3H3/t14-/m0/s1. The molecule has 4 nitrogen and oxygen atoms in total. The fraction of sp³-hybridized carbons (Fsp3) is 0.562. The molecule has 6 heteroatoms. The van der Waals surface area contributed by atoms with Crippen LogP contribution in [0.2, 0.25) is 0 Å². The molecule has 0 bridgehead atoms. The number of aryl methyl sites for hydroxylation is 1. The van der Waals surface area contributed by atoms with Crippen molar-refractivity contribution in [3.05, 3.63) is 35.1 Å². The van der Waals surface area contributed by atoms with Crippen LogP contribution in [0.25, 0.3) is 0 Å². The van der Waals surface area contributed by atoms with Gasteiger partial charge in [-0.2, -0.15) is 0 Å². The molecule has 2 rings (SSSR count). The predicted molar refractivity (Wildman–Crippen MR) is 82.2 cm³/mol. The van der Waals surface area contributed by atoms with E-state index in [9.17, 15) is 9.18 Å². The van der Waals surface area contributed by atoms with E-state index in [1.54, 1.807) is 11.0 Å². The molecular weight excluding hydrogens is 309 g/mol. The summed E-state index contributed by atoms with van der Waals surface area (Å²) in [7, 11) is 0. The van der Waals surface area contributed by atoms with Gasteiger partial charge in [0.05, 0.1) is 6.61 Å². The van der Waals surface area contributed by atoms with Gasteiger partial charge in [-0.25, -0.2) is 4.39 Å². The van der Waals surface area contributed by atoms with Crippen LogP contribution < -0.4 is 0 Å². The van der Waals surface area contributed by atoms with E-state index >= 15 is 0 Å². The Hall–Kier alpha value is -1.17. The smallest absolute Gasteiger partial charge is 0.237 e. The van der Waals surface area contributed by atoms with Gasteiger partial charge in [0, 0.05) is 13.1 Å². The minimum Gasteiger partial charge on any atom is -0.348 e. The lowest BCUT2D eigenvalue weighted by molar-refractivity contribution is -0.145. The lowest BCUT2D eigenvalue weighted by Gasteiger charge is -2.26. The Balaban J connectivity index is 2.10. The van der Waals surface area contributed by atoms with E-state index < -0.39 is 5.79 Å². The van der Waals surface area contributed by atoms with Gasteiger partial charge in [0.1, 0.15) is 17.8 Å². The summed E-state index contributed by atoms with van der Waals surface area (Å²) in [5.74, 6) is -1.29. The number of amides is 1. The fourth-order valence-corrected chi connectivity index (χ4v) is 2.62. The van der Waals surface area contributed by atoms with Gasteiger partial charge in [0.25, 0.3) is 0 Å². The molecule has 1 saturated heterocycles. The minimum absolute atomic E-state index is 0.120. The van der Waals surface area contributed by atoms with Crippen LogP contribution >= 0.6 is 11.6 Å². The van der Waals surface area contributed by atoms with Crippen LogP contribution in [0.3, 0.4) is 0 Å². The topological polar surface area (TPSA) is 38.8 Å². The van der Waals surface area contributed by atoms with Crippen LogP contribution in [-0.2, 0) is 20.8 Å². The first-order valence-electron chi connectivity index (χ1n) is 7.21. The van der Waals surface area contributed by atoms with Crippen molar-refractivity contribution in [2.75, 3.05) is 19.0 Å². The van der Waals surface area contributed by atoms with Gasteiger partial charge in [0.15, 0.2) is 5.79 Å². The highest BCUT2D eigenvalue weighted by molar-refractivity contribution is 6.27. The van der Waals surface area contributed by atoms with Crippen molar-refractivity contribution >= 4 is 17.5 Å². The first-order chi connectivity index (χ1) is 10.3. The van der Waals surface area contributed by atoms with Crippen molar-refractivity contribution in [3.8, 4) is 0 Å². The lowest BCUT2D eigenvalue weighted by Crippen LogP contribution is -2.39. The summed E-state index contributed by atoms with van der Waals surface area (Å²) < 4.78 is 24.7. The largest absolute Gasteiger partial charge is 0.348 e. The molecule has 122 valence electrons. The van der Waals surface area contributed by atoms with E-state index in [2.05, 4.69) is 0 Å².